The van der Waals surface area contributed by atoms with Crippen LogP contribution in [-0.4, -0.2) is 17.5 Å². The standard InChI is InChI=1S/C12H15NO3S/c1-4-13-9(3)12(17(14,15)16)10-7-8(2)5-6-11(10)13/h5-7H,4H2,1-3H3,(H,14,15,16). The normalized spacial score (nSPS) is 12.2. The van der Waals surface area contributed by atoms with Gasteiger partial charge in [0.15, 0.2) is 0 Å². The molecule has 0 saturated heterocycles. The van der Waals surface area contributed by atoms with E-state index in [9.17, 15) is 13.0 Å². The zero-order valence-corrected chi connectivity index (χ0v) is 10.9. The number of rotatable bonds is 2. The molecule has 4 nitrogen and oxygen atoms in total. The molecule has 1 N–H and O–H groups in total. The van der Waals surface area contributed by atoms with Gasteiger partial charge in [-0.2, -0.15) is 8.42 Å². The van der Waals surface area contributed by atoms with Crippen molar-refractivity contribution < 1.29 is 13.0 Å². The topological polar surface area (TPSA) is 59.3 Å². The number of hydrogen-bond acceptors (Lipinski definition) is 2. The quantitative estimate of drug-likeness (QED) is 0.837. The molecule has 0 bridgehead atoms. The van der Waals surface area contributed by atoms with E-state index in [0.29, 0.717) is 17.6 Å². The Labute approximate surface area is 101 Å². The number of benzene rings is 1. The third-order valence-electron chi connectivity index (χ3n) is 3.00. The van der Waals surface area contributed by atoms with Gasteiger partial charge < -0.3 is 4.57 Å². The van der Waals surface area contributed by atoms with Crippen LogP contribution in [-0.2, 0) is 16.7 Å². The van der Waals surface area contributed by atoms with Gasteiger partial charge in [0.25, 0.3) is 10.1 Å². The molecule has 2 rings (SSSR count). The van der Waals surface area contributed by atoms with Crippen LogP contribution in [0.2, 0.25) is 0 Å². The smallest absolute Gasteiger partial charge is 0.296 e. The third-order valence-corrected chi connectivity index (χ3v) is 4.03. The van der Waals surface area contributed by atoms with E-state index < -0.39 is 10.1 Å². The van der Waals surface area contributed by atoms with Gasteiger partial charge in [0.1, 0.15) is 4.90 Å². The molecule has 17 heavy (non-hydrogen) atoms. The van der Waals surface area contributed by atoms with E-state index in [4.69, 9.17) is 0 Å². The summed E-state index contributed by atoms with van der Waals surface area (Å²) in [7, 11) is -4.19. The van der Waals surface area contributed by atoms with Crippen LogP contribution in [0.25, 0.3) is 10.9 Å². The summed E-state index contributed by atoms with van der Waals surface area (Å²) >= 11 is 0. The summed E-state index contributed by atoms with van der Waals surface area (Å²) in [5, 5.41) is 0.590. The summed E-state index contributed by atoms with van der Waals surface area (Å²) in [5.74, 6) is 0. The molecule has 0 aliphatic rings. The van der Waals surface area contributed by atoms with E-state index in [1.165, 1.54) is 0 Å². The van der Waals surface area contributed by atoms with E-state index >= 15 is 0 Å². The van der Waals surface area contributed by atoms with Crippen LogP contribution in [0.15, 0.2) is 23.1 Å². The Bertz CT molecular complexity index is 683. The summed E-state index contributed by atoms with van der Waals surface area (Å²) in [6.07, 6.45) is 0. The SMILES string of the molecule is CCn1c(C)c(S(=O)(=O)O)c2cc(C)ccc21. The molecule has 5 heteroatoms. The molecule has 1 heterocycles. The number of aromatic nitrogens is 1. The summed E-state index contributed by atoms with van der Waals surface area (Å²) < 4.78 is 34.1. The second kappa shape index (κ2) is 3.85. The molecule has 0 aliphatic carbocycles. The summed E-state index contributed by atoms with van der Waals surface area (Å²) in [5.41, 5.74) is 2.38. The maximum Gasteiger partial charge on any atom is 0.296 e. The molecule has 0 amide bonds. The Morgan fingerprint density at radius 3 is 2.47 bits per heavy atom. The first kappa shape index (κ1) is 12.1. The fraction of sp³-hybridized carbons (Fsp3) is 0.333. The Morgan fingerprint density at radius 2 is 1.94 bits per heavy atom. The lowest BCUT2D eigenvalue weighted by molar-refractivity contribution is 0.483. The highest BCUT2D eigenvalue weighted by molar-refractivity contribution is 7.86. The van der Waals surface area contributed by atoms with Crippen molar-refractivity contribution in [2.24, 2.45) is 0 Å². The lowest BCUT2D eigenvalue weighted by Gasteiger charge is -2.03. The van der Waals surface area contributed by atoms with Crippen LogP contribution in [0.1, 0.15) is 18.2 Å². The molecule has 2 aromatic rings. The van der Waals surface area contributed by atoms with E-state index in [2.05, 4.69) is 0 Å². The second-order valence-corrected chi connectivity index (χ2v) is 5.51. The van der Waals surface area contributed by atoms with Crippen molar-refractivity contribution in [3.8, 4) is 0 Å². The van der Waals surface area contributed by atoms with Crippen LogP contribution in [0.5, 0.6) is 0 Å². The minimum atomic E-state index is -4.19. The summed E-state index contributed by atoms with van der Waals surface area (Å²) in [4.78, 5) is 0.0260. The lowest BCUT2D eigenvalue weighted by atomic mass is 10.2. The first-order chi connectivity index (χ1) is 7.86. The summed E-state index contributed by atoms with van der Waals surface area (Å²) in [6.45, 7) is 6.22. The van der Waals surface area contributed by atoms with Crippen molar-refractivity contribution in [2.45, 2.75) is 32.2 Å². The van der Waals surface area contributed by atoms with Crippen molar-refractivity contribution in [3.63, 3.8) is 0 Å². The Kier molecular flexibility index (Phi) is 2.75. The Hall–Kier alpha value is -1.33. The van der Waals surface area contributed by atoms with Crippen molar-refractivity contribution in [3.05, 3.63) is 29.5 Å². The Balaban J connectivity index is 3.01. The van der Waals surface area contributed by atoms with Gasteiger partial charge >= 0.3 is 0 Å². The number of aryl methyl sites for hydroxylation is 2. The van der Waals surface area contributed by atoms with Crippen LogP contribution < -0.4 is 0 Å². The van der Waals surface area contributed by atoms with E-state index in [-0.39, 0.29) is 4.90 Å². The van der Waals surface area contributed by atoms with Gasteiger partial charge in [-0.25, -0.2) is 0 Å². The van der Waals surface area contributed by atoms with Gasteiger partial charge in [-0.3, -0.25) is 4.55 Å². The minimum Gasteiger partial charge on any atom is -0.344 e. The maximum absolute atomic E-state index is 11.5. The first-order valence-corrected chi connectivity index (χ1v) is 6.87. The zero-order valence-electron chi connectivity index (χ0n) is 10.1. The molecule has 0 saturated carbocycles. The average Bonchev–Trinajstić information content (AvgIpc) is 2.47. The van der Waals surface area contributed by atoms with Crippen LogP contribution in [0.3, 0.4) is 0 Å². The molecule has 0 fully saturated rings. The van der Waals surface area contributed by atoms with Crippen LogP contribution in [0, 0.1) is 13.8 Å². The van der Waals surface area contributed by atoms with Gasteiger partial charge in [0.05, 0.1) is 0 Å². The van der Waals surface area contributed by atoms with Gasteiger partial charge in [0.2, 0.25) is 0 Å². The van der Waals surface area contributed by atoms with E-state index in [1.54, 1.807) is 13.0 Å². The van der Waals surface area contributed by atoms with E-state index in [0.717, 1.165) is 11.1 Å². The third kappa shape index (κ3) is 1.85. The lowest BCUT2D eigenvalue weighted by Crippen LogP contribution is -2.02. The molecule has 0 radical (unpaired) electrons. The summed E-state index contributed by atoms with van der Waals surface area (Å²) in [6, 6.07) is 5.61. The fourth-order valence-electron chi connectivity index (χ4n) is 2.30. The second-order valence-electron chi connectivity index (χ2n) is 4.15. The number of hydrogen-bond donors (Lipinski definition) is 1. The zero-order chi connectivity index (χ0) is 12.8. The predicted molar refractivity (Wildman–Crippen MR) is 66.9 cm³/mol. The molecule has 0 unspecified atom stereocenters. The average molecular weight is 253 g/mol. The van der Waals surface area contributed by atoms with Crippen molar-refractivity contribution >= 4 is 21.0 Å². The van der Waals surface area contributed by atoms with E-state index in [1.807, 2.05) is 30.5 Å². The predicted octanol–water partition coefficient (Wildman–Crippen LogP) is 2.52. The molecule has 1 aromatic heterocycles. The molecular weight excluding hydrogens is 238 g/mol. The van der Waals surface area contributed by atoms with Crippen molar-refractivity contribution in [1.82, 2.24) is 4.57 Å². The highest BCUT2D eigenvalue weighted by Gasteiger charge is 2.22. The molecule has 0 atom stereocenters. The maximum atomic E-state index is 11.5. The van der Waals surface area contributed by atoms with Gasteiger partial charge in [-0.05, 0) is 32.9 Å². The monoisotopic (exact) mass is 253 g/mol. The molecule has 92 valence electrons. The highest BCUT2D eigenvalue weighted by atomic mass is 32.2. The molecule has 0 aliphatic heterocycles. The molecular formula is C12H15NO3S. The van der Waals surface area contributed by atoms with Gasteiger partial charge in [-0.1, -0.05) is 11.6 Å². The highest BCUT2D eigenvalue weighted by Crippen LogP contribution is 2.30. The Morgan fingerprint density at radius 1 is 1.29 bits per heavy atom. The largest absolute Gasteiger partial charge is 0.344 e. The van der Waals surface area contributed by atoms with Crippen LogP contribution >= 0.6 is 0 Å². The molecule has 1 aromatic carbocycles. The van der Waals surface area contributed by atoms with Gasteiger partial charge in [0, 0.05) is 23.1 Å². The van der Waals surface area contributed by atoms with Crippen molar-refractivity contribution in [2.75, 3.05) is 0 Å². The first-order valence-electron chi connectivity index (χ1n) is 5.43. The van der Waals surface area contributed by atoms with Crippen molar-refractivity contribution in [1.29, 1.82) is 0 Å². The number of fused-ring (bicyclic) bond motifs is 1. The van der Waals surface area contributed by atoms with Gasteiger partial charge in [-0.15, -0.1) is 0 Å². The minimum absolute atomic E-state index is 0.0260. The van der Waals surface area contributed by atoms with Crippen LogP contribution in [0.4, 0.5) is 0 Å². The fourth-order valence-corrected chi connectivity index (χ4v) is 3.22. The molecule has 0 spiro atoms. The number of nitrogens with zero attached hydrogens (tertiary/aromatic N) is 1.